The second-order valence-corrected chi connectivity index (χ2v) is 4.47. The number of hydrogen-bond acceptors (Lipinski definition) is 0. The standard InChI is InChI=1S/C19H18/c1-4-8-16(5-2)18-9-6-7-10-19(18)17-13-11-15(3)12-14-17/h4-14H,1-2H2,3H3/b16-8+. The molecule has 2 aromatic carbocycles. The predicted molar refractivity (Wildman–Crippen MR) is 85.0 cm³/mol. The van der Waals surface area contributed by atoms with Crippen LogP contribution in [0.15, 0.2) is 79.9 Å². The summed E-state index contributed by atoms with van der Waals surface area (Å²) in [6.07, 6.45) is 5.65. The van der Waals surface area contributed by atoms with Crippen molar-refractivity contribution in [2.45, 2.75) is 6.92 Å². The first-order valence-electron chi connectivity index (χ1n) is 6.38. The molecular formula is C19H18. The average Bonchev–Trinajstić information content (AvgIpc) is 2.46. The third kappa shape index (κ3) is 2.92. The molecule has 0 fully saturated rings. The highest BCUT2D eigenvalue weighted by Gasteiger charge is 2.06. The lowest BCUT2D eigenvalue weighted by Crippen LogP contribution is -1.87. The molecular weight excluding hydrogens is 228 g/mol. The van der Waals surface area contributed by atoms with E-state index in [2.05, 4.69) is 62.5 Å². The van der Waals surface area contributed by atoms with Gasteiger partial charge in [0.15, 0.2) is 0 Å². The summed E-state index contributed by atoms with van der Waals surface area (Å²) in [5.41, 5.74) is 5.98. The highest BCUT2D eigenvalue weighted by molar-refractivity contribution is 5.85. The summed E-state index contributed by atoms with van der Waals surface area (Å²) in [5, 5.41) is 0. The maximum atomic E-state index is 3.89. The molecule has 0 aliphatic heterocycles. The Balaban J connectivity index is 2.58. The highest BCUT2D eigenvalue weighted by Crippen LogP contribution is 2.29. The van der Waals surface area contributed by atoms with E-state index in [0.717, 1.165) is 5.57 Å². The molecule has 19 heavy (non-hydrogen) atoms. The lowest BCUT2D eigenvalue weighted by Gasteiger charge is -2.10. The number of aryl methyl sites for hydroxylation is 1. The van der Waals surface area contributed by atoms with Gasteiger partial charge in [-0.2, -0.15) is 0 Å². The van der Waals surface area contributed by atoms with Gasteiger partial charge in [-0.1, -0.05) is 85.5 Å². The Hall–Kier alpha value is -2.34. The van der Waals surface area contributed by atoms with E-state index in [0.29, 0.717) is 0 Å². The molecule has 2 aromatic rings. The summed E-state index contributed by atoms with van der Waals surface area (Å²) in [7, 11) is 0. The van der Waals surface area contributed by atoms with Gasteiger partial charge in [-0.3, -0.25) is 0 Å². The molecule has 0 aliphatic carbocycles. The molecule has 0 spiro atoms. The van der Waals surface area contributed by atoms with Crippen LogP contribution in [0.5, 0.6) is 0 Å². The molecule has 0 radical (unpaired) electrons. The Morgan fingerprint density at radius 1 is 0.947 bits per heavy atom. The minimum Gasteiger partial charge on any atom is -0.0990 e. The zero-order chi connectivity index (χ0) is 13.7. The van der Waals surface area contributed by atoms with Gasteiger partial charge in [-0.15, -0.1) is 0 Å². The summed E-state index contributed by atoms with van der Waals surface area (Å²) in [6.45, 7) is 9.75. The van der Waals surface area contributed by atoms with E-state index >= 15 is 0 Å². The van der Waals surface area contributed by atoms with Crippen molar-refractivity contribution in [1.29, 1.82) is 0 Å². The van der Waals surface area contributed by atoms with E-state index < -0.39 is 0 Å². The fourth-order valence-electron chi connectivity index (χ4n) is 2.11. The first-order chi connectivity index (χ1) is 9.26. The first kappa shape index (κ1) is 13.1. The smallest absolute Gasteiger partial charge is 0.0105 e. The van der Waals surface area contributed by atoms with E-state index in [1.807, 2.05) is 18.2 Å². The second-order valence-electron chi connectivity index (χ2n) is 4.47. The Kier molecular flexibility index (Phi) is 4.15. The van der Waals surface area contributed by atoms with Gasteiger partial charge in [-0.05, 0) is 29.2 Å². The Morgan fingerprint density at radius 3 is 2.26 bits per heavy atom. The minimum atomic E-state index is 1.09. The van der Waals surface area contributed by atoms with E-state index in [-0.39, 0.29) is 0 Å². The Morgan fingerprint density at radius 2 is 1.63 bits per heavy atom. The second kappa shape index (κ2) is 6.01. The molecule has 94 valence electrons. The molecule has 0 aliphatic rings. The van der Waals surface area contributed by atoms with Crippen molar-refractivity contribution >= 4 is 5.57 Å². The topological polar surface area (TPSA) is 0 Å². The van der Waals surface area contributed by atoms with Gasteiger partial charge >= 0.3 is 0 Å². The van der Waals surface area contributed by atoms with Gasteiger partial charge in [0.2, 0.25) is 0 Å². The van der Waals surface area contributed by atoms with Crippen molar-refractivity contribution in [2.75, 3.05) is 0 Å². The van der Waals surface area contributed by atoms with Crippen LogP contribution in [0.4, 0.5) is 0 Å². The van der Waals surface area contributed by atoms with E-state index in [1.54, 1.807) is 6.08 Å². The van der Waals surface area contributed by atoms with Crippen molar-refractivity contribution < 1.29 is 0 Å². The molecule has 0 unspecified atom stereocenters. The van der Waals surface area contributed by atoms with Crippen LogP contribution in [0.1, 0.15) is 11.1 Å². The van der Waals surface area contributed by atoms with Gasteiger partial charge in [0, 0.05) is 0 Å². The number of rotatable bonds is 4. The predicted octanol–water partition coefficient (Wildman–Crippen LogP) is 5.42. The lowest BCUT2D eigenvalue weighted by atomic mass is 9.94. The zero-order valence-electron chi connectivity index (χ0n) is 11.3. The molecule has 0 saturated heterocycles. The number of hydrogen-bond donors (Lipinski definition) is 0. The quantitative estimate of drug-likeness (QED) is 0.632. The molecule has 0 heterocycles. The van der Waals surface area contributed by atoms with Crippen molar-refractivity contribution in [2.24, 2.45) is 0 Å². The minimum absolute atomic E-state index is 1.09. The maximum Gasteiger partial charge on any atom is -0.0105 e. The van der Waals surface area contributed by atoms with E-state index in [9.17, 15) is 0 Å². The van der Waals surface area contributed by atoms with Crippen LogP contribution in [0.3, 0.4) is 0 Å². The van der Waals surface area contributed by atoms with Crippen molar-refractivity contribution in [1.82, 2.24) is 0 Å². The van der Waals surface area contributed by atoms with Crippen LogP contribution in [0.2, 0.25) is 0 Å². The van der Waals surface area contributed by atoms with Crippen LogP contribution >= 0.6 is 0 Å². The molecule has 0 amide bonds. The molecule has 0 bridgehead atoms. The van der Waals surface area contributed by atoms with Crippen LogP contribution in [0.25, 0.3) is 16.7 Å². The van der Waals surface area contributed by atoms with Crippen LogP contribution in [-0.2, 0) is 0 Å². The van der Waals surface area contributed by atoms with Crippen molar-refractivity contribution in [3.05, 3.63) is 91.0 Å². The van der Waals surface area contributed by atoms with Gasteiger partial charge < -0.3 is 0 Å². The SMILES string of the molecule is C=C/C=C(\C=C)c1ccccc1-c1ccc(C)cc1. The van der Waals surface area contributed by atoms with Gasteiger partial charge in [0.1, 0.15) is 0 Å². The van der Waals surface area contributed by atoms with Gasteiger partial charge in [-0.25, -0.2) is 0 Å². The fraction of sp³-hybridized carbons (Fsp3) is 0.0526. The summed E-state index contributed by atoms with van der Waals surface area (Å²) in [4.78, 5) is 0. The number of benzene rings is 2. The Labute approximate surface area is 115 Å². The van der Waals surface area contributed by atoms with Crippen LogP contribution < -0.4 is 0 Å². The summed E-state index contributed by atoms with van der Waals surface area (Å²) >= 11 is 0. The largest absolute Gasteiger partial charge is 0.0990 e. The molecule has 0 N–H and O–H groups in total. The van der Waals surface area contributed by atoms with Crippen LogP contribution in [-0.4, -0.2) is 0 Å². The van der Waals surface area contributed by atoms with E-state index in [4.69, 9.17) is 0 Å². The maximum absolute atomic E-state index is 3.89. The molecule has 0 saturated carbocycles. The Bertz CT molecular complexity index is 613. The highest BCUT2D eigenvalue weighted by atomic mass is 14.1. The average molecular weight is 246 g/mol. The summed E-state index contributed by atoms with van der Waals surface area (Å²) < 4.78 is 0. The van der Waals surface area contributed by atoms with Gasteiger partial charge in [0.25, 0.3) is 0 Å². The van der Waals surface area contributed by atoms with Gasteiger partial charge in [0.05, 0.1) is 0 Å². The molecule has 0 aromatic heterocycles. The molecule has 2 rings (SSSR count). The normalized spacial score (nSPS) is 11.1. The summed E-state index contributed by atoms with van der Waals surface area (Å²) in [5.74, 6) is 0. The third-order valence-electron chi connectivity index (χ3n) is 3.12. The lowest BCUT2D eigenvalue weighted by molar-refractivity contribution is 1.46. The fourth-order valence-corrected chi connectivity index (χ4v) is 2.11. The summed E-state index contributed by atoms with van der Waals surface area (Å²) in [6, 6.07) is 17.0. The molecule has 0 atom stereocenters. The first-order valence-corrected chi connectivity index (χ1v) is 6.38. The van der Waals surface area contributed by atoms with E-state index in [1.165, 1.54) is 22.3 Å². The molecule has 0 nitrogen and oxygen atoms in total. The number of allylic oxidation sites excluding steroid dienone is 4. The third-order valence-corrected chi connectivity index (χ3v) is 3.12. The zero-order valence-corrected chi connectivity index (χ0v) is 11.3. The van der Waals surface area contributed by atoms with Crippen molar-refractivity contribution in [3.8, 4) is 11.1 Å². The van der Waals surface area contributed by atoms with Crippen LogP contribution in [0, 0.1) is 6.92 Å². The molecule has 0 heteroatoms. The van der Waals surface area contributed by atoms with Crippen molar-refractivity contribution in [3.63, 3.8) is 0 Å². The monoisotopic (exact) mass is 246 g/mol.